The van der Waals surface area contributed by atoms with Gasteiger partial charge in [0.1, 0.15) is 11.5 Å². The standard InChI is InChI=1S/C15H12BrFN2/c1-9-15(11-5-3-4-6-13(11)17)19-10(2)12(16)7-8-14(19)18-9/h3-8H,1-2H3. The second-order valence-electron chi connectivity index (χ2n) is 4.49. The van der Waals surface area contributed by atoms with E-state index >= 15 is 0 Å². The Morgan fingerprint density at radius 3 is 2.58 bits per heavy atom. The van der Waals surface area contributed by atoms with E-state index in [1.54, 1.807) is 12.1 Å². The van der Waals surface area contributed by atoms with Crippen molar-refractivity contribution >= 4 is 21.6 Å². The molecule has 3 rings (SSSR count). The van der Waals surface area contributed by atoms with Crippen molar-refractivity contribution in [2.75, 3.05) is 0 Å². The van der Waals surface area contributed by atoms with Crippen LogP contribution in [0.15, 0.2) is 40.9 Å². The van der Waals surface area contributed by atoms with Gasteiger partial charge in [0.2, 0.25) is 0 Å². The van der Waals surface area contributed by atoms with Crippen LogP contribution in [-0.2, 0) is 0 Å². The molecule has 4 heteroatoms. The van der Waals surface area contributed by atoms with Crippen molar-refractivity contribution in [1.29, 1.82) is 0 Å². The van der Waals surface area contributed by atoms with Gasteiger partial charge in [-0.15, -0.1) is 0 Å². The SMILES string of the molecule is Cc1nc2ccc(Br)c(C)n2c1-c1ccccc1F. The van der Waals surface area contributed by atoms with Gasteiger partial charge >= 0.3 is 0 Å². The molecular weight excluding hydrogens is 307 g/mol. The van der Waals surface area contributed by atoms with Gasteiger partial charge in [-0.25, -0.2) is 9.37 Å². The Kier molecular flexibility index (Phi) is 2.90. The van der Waals surface area contributed by atoms with Crippen LogP contribution in [-0.4, -0.2) is 9.38 Å². The molecule has 0 fully saturated rings. The number of hydrogen-bond acceptors (Lipinski definition) is 1. The normalized spacial score (nSPS) is 11.2. The average molecular weight is 319 g/mol. The first-order valence-corrected chi connectivity index (χ1v) is 6.78. The number of imidazole rings is 1. The number of hydrogen-bond donors (Lipinski definition) is 0. The van der Waals surface area contributed by atoms with Crippen molar-refractivity contribution < 1.29 is 4.39 Å². The third-order valence-corrected chi connectivity index (χ3v) is 4.10. The summed E-state index contributed by atoms with van der Waals surface area (Å²) in [6.45, 7) is 3.89. The van der Waals surface area contributed by atoms with Gasteiger partial charge in [0.15, 0.2) is 0 Å². The third kappa shape index (κ3) is 1.87. The molecule has 0 N–H and O–H groups in total. The summed E-state index contributed by atoms with van der Waals surface area (Å²) in [7, 11) is 0. The maximum absolute atomic E-state index is 14.0. The lowest BCUT2D eigenvalue weighted by molar-refractivity contribution is 0.630. The third-order valence-electron chi connectivity index (χ3n) is 3.27. The molecule has 19 heavy (non-hydrogen) atoms. The molecule has 0 unspecified atom stereocenters. The van der Waals surface area contributed by atoms with E-state index in [4.69, 9.17) is 0 Å². The highest BCUT2D eigenvalue weighted by Crippen LogP contribution is 2.30. The monoisotopic (exact) mass is 318 g/mol. The second kappa shape index (κ2) is 4.46. The molecule has 0 aliphatic rings. The van der Waals surface area contributed by atoms with Gasteiger partial charge in [-0.05, 0) is 54.0 Å². The van der Waals surface area contributed by atoms with E-state index in [-0.39, 0.29) is 5.82 Å². The highest BCUT2D eigenvalue weighted by molar-refractivity contribution is 9.10. The Balaban J connectivity index is 2.45. The Morgan fingerprint density at radius 2 is 1.84 bits per heavy atom. The number of halogens is 2. The number of aryl methyl sites for hydroxylation is 2. The lowest BCUT2D eigenvalue weighted by Crippen LogP contribution is -1.97. The summed E-state index contributed by atoms with van der Waals surface area (Å²) >= 11 is 3.51. The molecule has 96 valence electrons. The van der Waals surface area contributed by atoms with E-state index in [0.717, 1.165) is 27.2 Å². The summed E-state index contributed by atoms with van der Waals surface area (Å²) in [5, 5.41) is 0. The zero-order chi connectivity index (χ0) is 13.6. The van der Waals surface area contributed by atoms with Gasteiger partial charge in [0.05, 0.1) is 11.4 Å². The maximum atomic E-state index is 14.0. The Labute approximate surface area is 119 Å². The fourth-order valence-corrected chi connectivity index (χ4v) is 2.66. The summed E-state index contributed by atoms with van der Waals surface area (Å²) in [4.78, 5) is 4.51. The minimum atomic E-state index is -0.230. The largest absolute Gasteiger partial charge is 0.295 e. The first kappa shape index (κ1) is 12.4. The van der Waals surface area contributed by atoms with E-state index in [2.05, 4.69) is 20.9 Å². The Morgan fingerprint density at radius 1 is 1.11 bits per heavy atom. The highest BCUT2D eigenvalue weighted by Gasteiger charge is 2.16. The molecule has 2 aromatic heterocycles. The molecular formula is C15H12BrFN2. The quantitative estimate of drug-likeness (QED) is 0.644. The summed E-state index contributed by atoms with van der Waals surface area (Å²) in [6.07, 6.45) is 0. The van der Waals surface area contributed by atoms with Crippen LogP contribution in [0.4, 0.5) is 4.39 Å². The molecule has 0 saturated heterocycles. The first-order valence-electron chi connectivity index (χ1n) is 5.98. The molecule has 0 saturated carbocycles. The van der Waals surface area contributed by atoms with Crippen molar-refractivity contribution in [3.63, 3.8) is 0 Å². The van der Waals surface area contributed by atoms with E-state index < -0.39 is 0 Å². The fourth-order valence-electron chi connectivity index (χ4n) is 2.35. The molecule has 0 amide bonds. The number of nitrogens with zero attached hydrogens (tertiary/aromatic N) is 2. The van der Waals surface area contributed by atoms with Crippen LogP contribution in [0.2, 0.25) is 0 Å². The molecule has 3 aromatic rings. The predicted molar refractivity (Wildman–Crippen MR) is 77.8 cm³/mol. The minimum absolute atomic E-state index is 0.230. The first-order chi connectivity index (χ1) is 9.09. The van der Waals surface area contributed by atoms with Crippen molar-refractivity contribution in [2.24, 2.45) is 0 Å². The van der Waals surface area contributed by atoms with Crippen LogP contribution in [0, 0.1) is 19.7 Å². The predicted octanol–water partition coefficient (Wildman–Crippen LogP) is 4.52. The number of pyridine rings is 1. The van der Waals surface area contributed by atoms with E-state index in [9.17, 15) is 4.39 Å². The molecule has 0 atom stereocenters. The van der Waals surface area contributed by atoms with Crippen LogP contribution < -0.4 is 0 Å². The number of rotatable bonds is 1. The topological polar surface area (TPSA) is 17.3 Å². The smallest absolute Gasteiger partial charge is 0.137 e. The van der Waals surface area contributed by atoms with Gasteiger partial charge in [-0.1, -0.05) is 12.1 Å². The zero-order valence-corrected chi connectivity index (χ0v) is 12.2. The molecule has 0 aliphatic heterocycles. The molecule has 0 bridgehead atoms. The van der Waals surface area contributed by atoms with Gasteiger partial charge in [-0.3, -0.25) is 4.40 Å². The van der Waals surface area contributed by atoms with Gasteiger partial charge < -0.3 is 0 Å². The second-order valence-corrected chi connectivity index (χ2v) is 5.34. The van der Waals surface area contributed by atoms with Crippen molar-refractivity contribution in [2.45, 2.75) is 13.8 Å². The van der Waals surface area contributed by atoms with Crippen molar-refractivity contribution in [3.05, 3.63) is 58.1 Å². The lowest BCUT2D eigenvalue weighted by atomic mass is 10.1. The van der Waals surface area contributed by atoms with E-state index in [1.165, 1.54) is 6.07 Å². The Hall–Kier alpha value is -1.68. The van der Waals surface area contributed by atoms with Crippen LogP contribution in [0.25, 0.3) is 16.9 Å². The maximum Gasteiger partial charge on any atom is 0.137 e. The van der Waals surface area contributed by atoms with Crippen molar-refractivity contribution in [3.8, 4) is 11.3 Å². The van der Waals surface area contributed by atoms with Crippen LogP contribution >= 0.6 is 15.9 Å². The molecule has 0 spiro atoms. The number of aromatic nitrogens is 2. The average Bonchev–Trinajstić information content (AvgIpc) is 2.72. The van der Waals surface area contributed by atoms with Crippen molar-refractivity contribution in [1.82, 2.24) is 9.38 Å². The summed E-state index contributed by atoms with van der Waals surface area (Å²) < 4.78 is 17.0. The Bertz CT molecular complexity index is 777. The molecule has 2 heterocycles. The number of fused-ring (bicyclic) bond motifs is 1. The van der Waals surface area contributed by atoms with Gasteiger partial charge in [-0.2, -0.15) is 0 Å². The highest BCUT2D eigenvalue weighted by atomic mass is 79.9. The summed E-state index contributed by atoms with van der Waals surface area (Å²) in [5.74, 6) is -0.230. The molecule has 0 aliphatic carbocycles. The van der Waals surface area contributed by atoms with Gasteiger partial charge in [0, 0.05) is 15.7 Å². The van der Waals surface area contributed by atoms with Crippen LogP contribution in [0.1, 0.15) is 11.4 Å². The number of benzene rings is 1. The lowest BCUT2D eigenvalue weighted by Gasteiger charge is -2.09. The van der Waals surface area contributed by atoms with Crippen LogP contribution in [0.5, 0.6) is 0 Å². The molecule has 0 radical (unpaired) electrons. The zero-order valence-electron chi connectivity index (χ0n) is 10.6. The van der Waals surface area contributed by atoms with E-state index in [1.807, 2.05) is 36.4 Å². The van der Waals surface area contributed by atoms with E-state index in [0.29, 0.717) is 5.56 Å². The fraction of sp³-hybridized carbons (Fsp3) is 0.133. The summed E-state index contributed by atoms with van der Waals surface area (Å²) in [5.41, 5.74) is 4.06. The molecule has 2 nitrogen and oxygen atoms in total. The van der Waals surface area contributed by atoms with Gasteiger partial charge in [0.25, 0.3) is 0 Å². The van der Waals surface area contributed by atoms with Crippen LogP contribution in [0.3, 0.4) is 0 Å². The minimum Gasteiger partial charge on any atom is -0.295 e. The summed E-state index contributed by atoms with van der Waals surface area (Å²) in [6, 6.07) is 10.7. The molecule has 1 aromatic carbocycles.